The normalized spacial score (nSPS) is 10.8. The fourth-order valence-corrected chi connectivity index (χ4v) is 4.98. The first-order valence-electron chi connectivity index (χ1n) is 12.7. The van der Waals surface area contributed by atoms with E-state index in [0.29, 0.717) is 11.5 Å². The van der Waals surface area contributed by atoms with E-state index < -0.39 is 0 Å². The van der Waals surface area contributed by atoms with Crippen LogP contribution in [0.2, 0.25) is 0 Å². The van der Waals surface area contributed by atoms with Crippen LogP contribution in [0.25, 0.3) is 33.6 Å². The van der Waals surface area contributed by atoms with Crippen molar-refractivity contribution in [2.75, 3.05) is 0 Å². The van der Waals surface area contributed by atoms with E-state index in [4.69, 9.17) is 14.9 Å². The van der Waals surface area contributed by atoms with Gasteiger partial charge in [0.25, 0.3) is 0 Å². The molecule has 8 heteroatoms. The molecule has 0 spiro atoms. The van der Waals surface area contributed by atoms with Gasteiger partial charge < -0.3 is 4.74 Å². The van der Waals surface area contributed by atoms with Crippen molar-refractivity contribution in [3.63, 3.8) is 0 Å². The molecule has 0 radical (unpaired) electrons. The summed E-state index contributed by atoms with van der Waals surface area (Å²) in [4.78, 5) is 8.40. The van der Waals surface area contributed by atoms with E-state index in [9.17, 15) is 0 Å². The minimum absolute atomic E-state index is 0. The van der Waals surface area contributed by atoms with Gasteiger partial charge in [-0.05, 0) is 62.8 Å². The summed E-state index contributed by atoms with van der Waals surface area (Å²) in [7, 11) is 0. The van der Waals surface area contributed by atoms with Crippen molar-refractivity contribution in [3.05, 3.63) is 120 Å². The first-order chi connectivity index (χ1) is 19.0. The molecule has 0 bridgehead atoms. The number of hydrogen-bond donors (Lipinski definition) is 0. The fourth-order valence-electron chi connectivity index (χ4n) is 4.98. The Balaban J connectivity index is 0.00000323. The molecule has 0 fully saturated rings. The topological polar surface area (TPSA) is 70.7 Å². The summed E-state index contributed by atoms with van der Waals surface area (Å²) in [5, 5.41) is 9.57. The third kappa shape index (κ3) is 5.13. The van der Waals surface area contributed by atoms with Crippen LogP contribution in [0, 0.1) is 39.8 Å². The Morgan fingerprint density at radius 3 is 1.68 bits per heavy atom. The average Bonchev–Trinajstić information content (AvgIpc) is 3.43. The molecule has 7 nitrogen and oxygen atoms in total. The van der Waals surface area contributed by atoms with Crippen molar-refractivity contribution in [3.8, 4) is 45.1 Å². The second-order valence-corrected chi connectivity index (χ2v) is 9.30. The van der Waals surface area contributed by atoms with Gasteiger partial charge in [0.05, 0.1) is 11.4 Å². The summed E-state index contributed by atoms with van der Waals surface area (Å²) in [6.07, 6.45) is 7.22. The Hall–Kier alpha value is -4.35. The monoisotopic (exact) mass is 705 g/mol. The summed E-state index contributed by atoms with van der Waals surface area (Å²) >= 11 is 0. The summed E-state index contributed by atoms with van der Waals surface area (Å²) in [5.74, 6) is 1.14. The van der Waals surface area contributed by atoms with Crippen molar-refractivity contribution >= 4 is 0 Å². The predicted molar refractivity (Wildman–Crippen MR) is 150 cm³/mol. The molecular weight excluding hydrogens is 679 g/mol. The molecule has 0 amide bonds. The van der Waals surface area contributed by atoms with Crippen LogP contribution in [0.3, 0.4) is 0 Å². The van der Waals surface area contributed by atoms with Gasteiger partial charge in [-0.1, -0.05) is 6.07 Å². The minimum Gasteiger partial charge on any atom is -0.509 e. The molecule has 0 atom stereocenters. The van der Waals surface area contributed by atoms with E-state index >= 15 is 0 Å². The molecule has 6 rings (SSSR count). The van der Waals surface area contributed by atoms with Gasteiger partial charge in [0, 0.05) is 64.4 Å². The Labute approximate surface area is 247 Å². The van der Waals surface area contributed by atoms with Crippen molar-refractivity contribution in [1.29, 1.82) is 0 Å². The molecule has 0 unspecified atom stereocenters. The van der Waals surface area contributed by atoms with Gasteiger partial charge in [-0.2, -0.15) is 22.3 Å². The molecule has 6 aromatic rings. The molecule has 200 valence electrons. The van der Waals surface area contributed by atoms with Crippen LogP contribution in [0.1, 0.15) is 22.8 Å². The Kier molecular flexibility index (Phi) is 7.76. The molecule has 2 aromatic carbocycles. The minimum atomic E-state index is 0. The molecule has 0 aliphatic carbocycles. The van der Waals surface area contributed by atoms with Gasteiger partial charge in [-0.3, -0.25) is 19.3 Å². The third-order valence-electron chi connectivity index (χ3n) is 6.68. The van der Waals surface area contributed by atoms with Crippen molar-refractivity contribution < 1.29 is 25.8 Å². The van der Waals surface area contributed by atoms with Gasteiger partial charge in [0.1, 0.15) is 0 Å². The number of rotatable bonds is 6. The smallest absolute Gasteiger partial charge is 0.509 e. The first-order valence-corrected chi connectivity index (χ1v) is 12.7. The zero-order valence-electron chi connectivity index (χ0n) is 22.5. The van der Waals surface area contributed by atoms with Crippen LogP contribution < -0.4 is 4.74 Å². The largest absolute Gasteiger partial charge is 2.00 e. The standard InChI is InChI=1S/C32H26N6O.Pt/c1-21-31(25-13-16-33-17-14-25)23(3)37(35-21)27-9-5-11-29(18-27)39-30-12-6-10-28(19-30)38-24(4)32(22(2)36-38)26-8-7-15-34-20-26;/h5-17,20H,1-4H3;/q-2;+2. The van der Waals surface area contributed by atoms with Gasteiger partial charge in [-0.25, -0.2) is 0 Å². The quantitative estimate of drug-likeness (QED) is 0.178. The van der Waals surface area contributed by atoms with Crippen molar-refractivity contribution in [2.45, 2.75) is 27.7 Å². The Morgan fingerprint density at radius 1 is 0.600 bits per heavy atom. The van der Waals surface area contributed by atoms with Crippen LogP contribution in [-0.2, 0) is 21.1 Å². The second kappa shape index (κ2) is 11.4. The van der Waals surface area contributed by atoms with E-state index in [1.54, 1.807) is 18.6 Å². The van der Waals surface area contributed by atoms with E-state index in [0.717, 1.165) is 56.4 Å². The molecule has 0 N–H and O–H groups in total. The number of aromatic nitrogens is 6. The maximum Gasteiger partial charge on any atom is 2.00 e. The van der Waals surface area contributed by atoms with Gasteiger partial charge in [0.15, 0.2) is 0 Å². The maximum atomic E-state index is 6.21. The number of aryl methyl sites for hydroxylation is 2. The number of ether oxygens (including phenoxy) is 1. The van der Waals surface area contributed by atoms with Crippen LogP contribution in [0.4, 0.5) is 0 Å². The summed E-state index contributed by atoms with van der Waals surface area (Å²) < 4.78 is 10.0. The molecule has 0 saturated carbocycles. The molecule has 40 heavy (non-hydrogen) atoms. The van der Waals surface area contributed by atoms with Crippen LogP contribution in [0.5, 0.6) is 11.5 Å². The van der Waals surface area contributed by atoms with Crippen molar-refractivity contribution in [1.82, 2.24) is 29.5 Å². The zero-order chi connectivity index (χ0) is 26.9. The first kappa shape index (κ1) is 27.2. The third-order valence-corrected chi connectivity index (χ3v) is 6.68. The number of pyridine rings is 2. The van der Waals surface area contributed by atoms with E-state index in [-0.39, 0.29) is 21.1 Å². The van der Waals surface area contributed by atoms with Crippen LogP contribution >= 0.6 is 0 Å². The molecular formula is C32H26N6OPt. The number of hydrogen-bond acceptors (Lipinski definition) is 5. The summed E-state index contributed by atoms with van der Waals surface area (Å²) in [6, 6.07) is 26.3. The molecule has 0 saturated heterocycles. The van der Waals surface area contributed by atoms with E-state index in [1.807, 2.05) is 90.1 Å². The number of nitrogens with zero attached hydrogens (tertiary/aromatic N) is 6. The molecule has 0 aliphatic rings. The van der Waals surface area contributed by atoms with Crippen LogP contribution in [0.15, 0.2) is 85.5 Å². The second-order valence-electron chi connectivity index (χ2n) is 9.30. The Bertz CT molecular complexity index is 1650. The fraction of sp³-hybridized carbons (Fsp3) is 0.125. The Morgan fingerprint density at radius 2 is 1.15 bits per heavy atom. The van der Waals surface area contributed by atoms with Crippen LogP contribution in [-0.4, -0.2) is 29.5 Å². The summed E-state index contributed by atoms with van der Waals surface area (Å²) in [6.45, 7) is 8.13. The molecule has 4 aromatic heterocycles. The average molecular weight is 706 g/mol. The SMILES string of the molecule is Cc1nn(-c2[c-]c(Oc3[c-]c(-n4nc(C)c(-c5cccnc5)c4C)ccc3)ccc2)c(C)c1-c1ccncc1.[Pt+2]. The van der Waals surface area contributed by atoms with Gasteiger partial charge in [-0.15, -0.1) is 36.4 Å². The predicted octanol–water partition coefficient (Wildman–Crippen LogP) is 6.81. The van der Waals surface area contributed by atoms with E-state index in [2.05, 4.69) is 35.9 Å². The van der Waals surface area contributed by atoms with E-state index in [1.165, 1.54) is 0 Å². The van der Waals surface area contributed by atoms with Gasteiger partial charge in [0.2, 0.25) is 0 Å². The zero-order valence-corrected chi connectivity index (χ0v) is 24.8. The summed E-state index contributed by atoms with van der Waals surface area (Å²) in [5.41, 5.74) is 9.77. The van der Waals surface area contributed by atoms with Gasteiger partial charge >= 0.3 is 21.1 Å². The molecule has 0 aliphatic heterocycles. The molecule has 4 heterocycles. The maximum absolute atomic E-state index is 6.21. The van der Waals surface area contributed by atoms with Crippen molar-refractivity contribution in [2.24, 2.45) is 0 Å². The number of benzene rings is 2.